The Balaban J connectivity index is 3.03. The summed E-state index contributed by atoms with van der Waals surface area (Å²) >= 11 is 11.8. The van der Waals surface area contributed by atoms with E-state index in [2.05, 4.69) is 5.32 Å². The van der Waals surface area contributed by atoms with Gasteiger partial charge in [-0.2, -0.15) is 0 Å². The van der Waals surface area contributed by atoms with Crippen molar-refractivity contribution in [1.29, 1.82) is 0 Å². The second kappa shape index (κ2) is 4.14. The van der Waals surface area contributed by atoms with Gasteiger partial charge in [0.1, 0.15) is 16.7 Å². The number of rotatable bonds is 2. The monoisotopic (exact) mass is 239 g/mol. The standard InChI is InChI=1S/C8H11Cl2NO3/c1-4-6(14)5(2-12)8(10,3-13)7(9)11-4/h2,4-5,7,11,13H,3H2,1H3. The van der Waals surface area contributed by atoms with Crippen molar-refractivity contribution in [2.45, 2.75) is 23.3 Å². The highest BCUT2D eigenvalue weighted by atomic mass is 35.5. The van der Waals surface area contributed by atoms with Crippen molar-refractivity contribution in [3.8, 4) is 0 Å². The third-order valence-corrected chi connectivity index (χ3v) is 3.65. The number of nitrogens with one attached hydrogen (secondary N) is 1. The Labute approximate surface area is 91.6 Å². The number of halogens is 2. The lowest BCUT2D eigenvalue weighted by Gasteiger charge is -2.40. The molecule has 0 aromatic rings. The van der Waals surface area contributed by atoms with Gasteiger partial charge in [0.2, 0.25) is 0 Å². The Bertz CT molecular complexity index is 261. The smallest absolute Gasteiger partial charge is 0.161 e. The number of aldehydes is 1. The van der Waals surface area contributed by atoms with Crippen molar-refractivity contribution in [3.63, 3.8) is 0 Å². The Morgan fingerprint density at radius 1 is 1.71 bits per heavy atom. The highest BCUT2D eigenvalue weighted by Crippen LogP contribution is 2.35. The molecule has 14 heavy (non-hydrogen) atoms. The van der Waals surface area contributed by atoms with E-state index in [4.69, 9.17) is 28.3 Å². The number of aliphatic hydroxyl groups is 1. The molecule has 1 heterocycles. The molecular formula is C8H11Cl2NO3. The molecule has 0 bridgehead atoms. The summed E-state index contributed by atoms with van der Waals surface area (Å²) in [6, 6.07) is -0.522. The first-order valence-electron chi connectivity index (χ1n) is 4.16. The van der Waals surface area contributed by atoms with Gasteiger partial charge >= 0.3 is 0 Å². The van der Waals surface area contributed by atoms with E-state index in [0.29, 0.717) is 6.29 Å². The van der Waals surface area contributed by atoms with Crippen LogP contribution < -0.4 is 5.32 Å². The minimum absolute atomic E-state index is 0.346. The average molecular weight is 240 g/mol. The molecule has 1 aliphatic rings. The first kappa shape index (κ1) is 11.9. The molecule has 0 spiro atoms. The summed E-state index contributed by atoms with van der Waals surface area (Å²) in [5, 5.41) is 11.8. The van der Waals surface area contributed by atoms with Crippen LogP contribution in [0.4, 0.5) is 0 Å². The Hall–Kier alpha value is -0.160. The molecule has 2 N–H and O–H groups in total. The number of ketones is 1. The fourth-order valence-electron chi connectivity index (χ4n) is 1.46. The van der Waals surface area contributed by atoms with Crippen LogP contribution >= 0.6 is 23.2 Å². The molecule has 1 aliphatic heterocycles. The summed E-state index contributed by atoms with van der Waals surface area (Å²) in [7, 11) is 0. The summed E-state index contributed by atoms with van der Waals surface area (Å²) in [5.41, 5.74) is -0.808. The zero-order valence-corrected chi connectivity index (χ0v) is 9.05. The average Bonchev–Trinajstić information content (AvgIpc) is 2.16. The molecule has 0 radical (unpaired) electrons. The summed E-state index contributed by atoms with van der Waals surface area (Å²) in [4.78, 5) is 20.8. The molecule has 0 aliphatic carbocycles. The van der Waals surface area contributed by atoms with Crippen LogP contribution in [0.2, 0.25) is 0 Å². The maximum Gasteiger partial charge on any atom is 0.161 e. The lowest BCUT2D eigenvalue weighted by Crippen LogP contribution is -2.64. The van der Waals surface area contributed by atoms with Gasteiger partial charge in [0.25, 0.3) is 0 Å². The number of hydrogen-bond donors (Lipinski definition) is 2. The summed E-state index contributed by atoms with van der Waals surface area (Å²) < 4.78 is 0. The van der Waals surface area contributed by atoms with Crippen LogP contribution in [0, 0.1) is 5.92 Å². The van der Waals surface area contributed by atoms with Gasteiger partial charge < -0.3 is 9.90 Å². The zero-order chi connectivity index (χ0) is 10.9. The van der Waals surface area contributed by atoms with E-state index in [9.17, 15) is 9.59 Å². The quantitative estimate of drug-likeness (QED) is 0.306. The maximum absolute atomic E-state index is 11.5. The van der Waals surface area contributed by atoms with Gasteiger partial charge in [0.15, 0.2) is 5.78 Å². The number of carbonyl (C=O) groups excluding carboxylic acids is 2. The van der Waals surface area contributed by atoms with Gasteiger partial charge in [0, 0.05) is 0 Å². The van der Waals surface area contributed by atoms with Crippen molar-refractivity contribution in [2.24, 2.45) is 5.92 Å². The lowest BCUT2D eigenvalue weighted by molar-refractivity contribution is -0.133. The maximum atomic E-state index is 11.5. The summed E-state index contributed by atoms with van der Waals surface area (Å²) in [6.07, 6.45) is 0.443. The van der Waals surface area contributed by atoms with Crippen LogP contribution in [0.25, 0.3) is 0 Å². The van der Waals surface area contributed by atoms with Gasteiger partial charge in [-0.05, 0) is 6.92 Å². The summed E-state index contributed by atoms with van der Waals surface area (Å²) in [5.74, 6) is -1.41. The van der Waals surface area contributed by atoms with Gasteiger partial charge in [-0.3, -0.25) is 10.1 Å². The SMILES string of the molecule is CC1NC(Cl)C(Cl)(CO)C(C=O)C1=O. The van der Waals surface area contributed by atoms with E-state index in [1.807, 2.05) is 0 Å². The van der Waals surface area contributed by atoms with Crippen LogP contribution in [-0.2, 0) is 9.59 Å². The third-order valence-electron chi connectivity index (χ3n) is 2.45. The van der Waals surface area contributed by atoms with E-state index in [0.717, 1.165) is 0 Å². The predicted molar refractivity (Wildman–Crippen MR) is 52.5 cm³/mol. The van der Waals surface area contributed by atoms with E-state index >= 15 is 0 Å². The molecule has 1 fully saturated rings. The van der Waals surface area contributed by atoms with Crippen molar-refractivity contribution >= 4 is 35.3 Å². The van der Waals surface area contributed by atoms with Gasteiger partial charge in [-0.15, -0.1) is 23.2 Å². The van der Waals surface area contributed by atoms with Gasteiger partial charge in [-0.25, -0.2) is 0 Å². The van der Waals surface area contributed by atoms with Crippen molar-refractivity contribution in [2.75, 3.05) is 6.61 Å². The van der Waals surface area contributed by atoms with Crippen LogP contribution in [0.1, 0.15) is 6.92 Å². The van der Waals surface area contributed by atoms with E-state index < -0.39 is 28.9 Å². The van der Waals surface area contributed by atoms with Gasteiger partial charge in [0.05, 0.1) is 18.6 Å². The summed E-state index contributed by atoms with van der Waals surface area (Å²) in [6.45, 7) is 1.07. The van der Waals surface area contributed by atoms with Crippen LogP contribution in [0.15, 0.2) is 0 Å². The van der Waals surface area contributed by atoms with Crippen LogP contribution in [0.3, 0.4) is 0 Å². The number of alkyl halides is 2. The number of piperidine rings is 1. The second-order valence-corrected chi connectivity index (χ2v) is 4.49. The lowest BCUT2D eigenvalue weighted by atomic mass is 9.83. The van der Waals surface area contributed by atoms with Crippen molar-refractivity contribution in [3.05, 3.63) is 0 Å². The molecule has 0 amide bonds. The predicted octanol–water partition coefficient (Wildman–Crippen LogP) is -0.103. The number of carbonyl (C=O) groups is 2. The topological polar surface area (TPSA) is 66.4 Å². The third kappa shape index (κ3) is 1.67. The number of aliphatic hydroxyl groups excluding tert-OH is 1. The first-order valence-corrected chi connectivity index (χ1v) is 4.97. The second-order valence-electron chi connectivity index (χ2n) is 3.35. The van der Waals surface area contributed by atoms with Gasteiger partial charge in [-0.1, -0.05) is 0 Å². The minimum atomic E-state index is -1.44. The number of hydrogen-bond acceptors (Lipinski definition) is 4. The highest BCUT2D eigenvalue weighted by Gasteiger charge is 2.52. The van der Waals surface area contributed by atoms with E-state index in [1.54, 1.807) is 6.92 Å². The normalized spacial score (nSPS) is 43.7. The molecule has 0 saturated carbocycles. The Kier molecular flexibility index (Phi) is 3.53. The first-order chi connectivity index (χ1) is 6.47. The molecule has 1 rings (SSSR count). The van der Waals surface area contributed by atoms with Crippen LogP contribution in [-0.4, -0.2) is 40.2 Å². The highest BCUT2D eigenvalue weighted by molar-refractivity contribution is 6.35. The molecular weight excluding hydrogens is 229 g/mol. The molecule has 0 aromatic carbocycles. The molecule has 6 heteroatoms. The molecule has 0 aromatic heterocycles. The number of Topliss-reactive ketones (excluding diaryl/α,β-unsaturated/α-hetero) is 1. The zero-order valence-electron chi connectivity index (χ0n) is 7.54. The van der Waals surface area contributed by atoms with Crippen LogP contribution in [0.5, 0.6) is 0 Å². The van der Waals surface area contributed by atoms with Crippen molar-refractivity contribution in [1.82, 2.24) is 5.32 Å². The molecule has 80 valence electrons. The fourth-order valence-corrected chi connectivity index (χ4v) is 2.08. The Morgan fingerprint density at radius 3 is 2.71 bits per heavy atom. The van der Waals surface area contributed by atoms with E-state index in [1.165, 1.54) is 0 Å². The molecule has 4 atom stereocenters. The fraction of sp³-hybridized carbons (Fsp3) is 0.750. The minimum Gasteiger partial charge on any atom is -0.394 e. The Morgan fingerprint density at radius 2 is 2.29 bits per heavy atom. The molecule has 4 nitrogen and oxygen atoms in total. The molecule has 1 saturated heterocycles. The molecule has 4 unspecified atom stereocenters. The van der Waals surface area contributed by atoms with Crippen molar-refractivity contribution < 1.29 is 14.7 Å². The van der Waals surface area contributed by atoms with E-state index in [-0.39, 0.29) is 5.78 Å². The largest absolute Gasteiger partial charge is 0.394 e.